The lowest BCUT2D eigenvalue weighted by Gasteiger charge is -2.08. The van der Waals surface area contributed by atoms with E-state index in [4.69, 9.17) is 4.74 Å². The van der Waals surface area contributed by atoms with Gasteiger partial charge < -0.3 is 14.8 Å². The summed E-state index contributed by atoms with van der Waals surface area (Å²) in [4.78, 5) is 15.0. The van der Waals surface area contributed by atoms with Gasteiger partial charge >= 0.3 is 5.97 Å². The molecule has 0 fully saturated rings. The van der Waals surface area contributed by atoms with Crippen LogP contribution in [0.4, 0.5) is 0 Å². The van der Waals surface area contributed by atoms with Gasteiger partial charge in [-0.1, -0.05) is 42.5 Å². The molecule has 0 radical (unpaired) electrons. The molecule has 0 amide bonds. The van der Waals surface area contributed by atoms with Gasteiger partial charge in [-0.3, -0.25) is 4.79 Å². The predicted octanol–water partition coefficient (Wildman–Crippen LogP) is 5.01. The number of fused-ring (bicyclic) bond motifs is 2. The lowest BCUT2D eigenvalue weighted by Crippen LogP contribution is -2.01. The third-order valence-electron chi connectivity index (χ3n) is 4.58. The summed E-state index contributed by atoms with van der Waals surface area (Å²) in [5.41, 5.74) is 3.56. The van der Waals surface area contributed by atoms with Crippen LogP contribution in [0.3, 0.4) is 0 Å². The van der Waals surface area contributed by atoms with Crippen molar-refractivity contribution in [1.82, 2.24) is 4.98 Å². The van der Waals surface area contributed by atoms with Crippen LogP contribution in [0.15, 0.2) is 60.7 Å². The summed E-state index contributed by atoms with van der Waals surface area (Å²) in [6, 6.07) is 20.0. The fourth-order valence-corrected chi connectivity index (χ4v) is 3.49. The number of H-pyrrole nitrogens is 1. The predicted molar refractivity (Wildman–Crippen MR) is 104 cm³/mol. The van der Waals surface area contributed by atoms with Crippen LogP contribution in [0.5, 0.6) is 5.75 Å². The lowest BCUT2D eigenvalue weighted by molar-refractivity contribution is -0.136. The van der Waals surface area contributed by atoms with Gasteiger partial charge in [-0.2, -0.15) is 0 Å². The number of aromatic amines is 1. The van der Waals surface area contributed by atoms with Crippen LogP contribution in [-0.2, 0) is 11.2 Å². The van der Waals surface area contributed by atoms with Crippen molar-refractivity contribution in [2.24, 2.45) is 0 Å². The van der Waals surface area contributed by atoms with Crippen LogP contribution < -0.4 is 4.74 Å². The standard InChI is InChI=1S/C22H19NO3/c1-2-26-15-10-11-20-18(12-15)19(13-21(24)25)22(23-20)17-9-5-7-14-6-3-4-8-16(14)17/h3-12,23H,2,13H2,1H3,(H,24,25). The number of carbonyl (C=O) groups is 1. The van der Waals surface area contributed by atoms with E-state index in [1.54, 1.807) is 0 Å². The molecule has 2 N–H and O–H groups in total. The smallest absolute Gasteiger partial charge is 0.307 e. The quantitative estimate of drug-likeness (QED) is 0.534. The zero-order chi connectivity index (χ0) is 18.1. The van der Waals surface area contributed by atoms with Crippen molar-refractivity contribution < 1.29 is 14.6 Å². The first-order valence-electron chi connectivity index (χ1n) is 8.64. The second-order valence-electron chi connectivity index (χ2n) is 6.22. The molecule has 26 heavy (non-hydrogen) atoms. The number of aliphatic carboxylic acids is 1. The van der Waals surface area contributed by atoms with Gasteiger partial charge in [-0.25, -0.2) is 0 Å². The van der Waals surface area contributed by atoms with Gasteiger partial charge in [0, 0.05) is 16.5 Å². The third kappa shape index (κ3) is 2.80. The van der Waals surface area contributed by atoms with Crippen molar-refractivity contribution >= 4 is 27.6 Å². The van der Waals surface area contributed by atoms with E-state index in [9.17, 15) is 9.90 Å². The molecule has 3 aromatic carbocycles. The van der Waals surface area contributed by atoms with E-state index in [0.717, 1.165) is 44.2 Å². The van der Waals surface area contributed by atoms with Crippen LogP contribution in [0, 0.1) is 0 Å². The average molecular weight is 345 g/mol. The largest absolute Gasteiger partial charge is 0.494 e. The highest BCUT2D eigenvalue weighted by Gasteiger charge is 2.18. The van der Waals surface area contributed by atoms with Gasteiger partial charge in [0.2, 0.25) is 0 Å². The second-order valence-corrected chi connectivity index (χ2v) is 6.22. The highest BCUT2D eigenvalue weighted by Crippen LogP contribution is 2.36. The molecule has 0 saturated heterocycles. The molecule has 4 rings (SSSR count). The average Bonchev–Trinajstić information content (AvgIpc) is 2.99. The van der Waals surface area contributed by atoms with E-state index < -0.39 is 5.97 Å². The SMILES string of the molecule is CCOc1ccc2[nH]c(-c3cccc4ccccc34)c(CC(=O)O)c2c1. The van der Waals surface area contributed by atoms with Gasteiger partial charge in [0.05, 0.1) is 18.7 Å². The lowest BCUT2D eigenvalue weighted by atomic mass is 9.97. The summed E-state index contributed by atoms with van der Waals surface area (Å²) in [7, 11) is 0. The zero-order valence-electron chi connectivity index (χ0n) is 14.5. The van der Waals surface area contributed by atoms with Gasteiger partial charge in [0.1, 0.15) is 5.75 Å². The van der Waals surface area contributed by atoms with Crippen molar-refractivity contribution in [3.05, 3.63) is 66.2 Å². The van der Waals surface area contributed by atoms with Crippen molar-refractivity contribution in [2.75, 3.05) is 6.61 Å². The van der Waals surface area contributed by atoms with Gasteiger partial charge in [-0.15, -0.1) is 0 Å². The monoisotopic (exact) mass is 345 g/mol. The van der Waals surface area contributed by atoms with Crippen molar-refractivity contribution in [1.29, 1.82) is 0 Å². The van der Waals surface area contributed by atoms with Crippen LogP contribution in [0.25, 0.3) is 32.9 Å². The summed E-state index contributed by atoms with van der Waals surface area (Å²) < 4.78 is 5.60. The molecule has 0 bridgehead atoms. The number of rotatable bonds is 5. The van der Waals surface area contributed by atoms with Crippen molar-refractivity contribution in [3.8, 4) is 17.0 Å². The van der Waals surface area contributed by atoms with E-state index in [-0.39, 0.29) is 6.42 Å². The fourth-order valence-electron chi connectivity index (χ4n) is 3.49. The molecule has 130 valence electrons. The molecule has 0 atom stereocenters. The number of ether oxygens (including phenoxy) is 1. The summed E-state index contributed by atoms with van der Waals surface area (Å²) in [6.45, 7) is 2.50. The highest BCUT2D eigenvalue weighted by molar-refractivity contribution is 6.02. The van der Waals surface area contributed by atoms with Gasteiger partial charge in [0.25, 0.3) is 0 Å². The molecule has 0 aliphatic carbocycles. The molecule has 0 unspecified atom stereocenters. The molecule has 0 spiro atoms. The van der Waals surface area contributed by atoms with E-state index >= 15 is 0 Å². The molecule has 1 aromatic heterocycles. The number of hydrogen-bond acceptors (Lipinski definition) is 2. The minimum atomic E-state index is -0.853. The molecule has 0 saturated carbocycles. The zero-order valence-corrected chi connectivity index (χ0v) is 14.5. The minimum Gasteiger partial charge on any atom is -0.494 e. The Morgan fingerprint density at radius 3 is 2.65 bits per heavy atom. The Hall–Kier alpha value is -3.27. The van der Waals surface area contributed by atoms with Gasteiger partial charge in [0.15, 0.2) is 0 Å². The topological polar surface area (TPSA) is 62.3 Å². The third-order valence-corrected chi connectivity index (χ3v) is 4.58. The van der Waals surface area contributed by atoms with E-state index in [1.165, 1.54) is 0 Å². The molecule has 4 heteroatoms. The second kappa shape index (κ2) is 6.56. The fraction of sp³-hybridized carbons (Fsp3) is 0.136. The number of hydrogen-bond donors (Lipinski definition) is 2. The summed E-state index contributed by atoms with van der Waals surface area (Å²) in [5, 5.41) is 12.6. The summed E-state index contributed by atoms with van der Waals surface area (Å²) in [5.74, 6) is -0.107. The first-order chi connectivity index (χ1) is 12.7. The first-order valence-corrected chi connectivity index (χ1v) is 8.64. The Morgan fingerprint density at radius 1 is 1.04 bits per heavy atom. The van der Waals surface area contributed by atoms with Gasteiger partial charge in [-0.05, 0) is 41.5 Å². The molecule has 1 heterocycles. The maximum Gasteiger partial charge on any atom is 0.307 e. The Kier molecular flexibility index (Phi) is 4.09. The Labute approximate surface area is 151 Å². The molecule has 4 aromatic rings. The number of nitrogens with one attached hydrogen (secondary N) is 1. The van der Waals surface area contributed by atoms with E-state index in [0.29, 0.717) is 6.61 Å². The van der Waals surface area contributed by atoms with E-state index in [1.807, 2.05) is 49.4 Å². The summed E-state index contributed by atoms with van der Waals surface area (Å²) >= 11 is 0. The Bertz CT molecular complexity index is 1110. The van der Waals surface area contributed by atoms with Crippen LogP contribution in [0.2, 0.25) is 0 Å². The normalized spacial score (nSPS) is 11.1. The van der Waals surface area contributed by atoms with E-state index in [2.05, 4.69) is 23.2 Å². The number of aromatic nitrogens is 1. The number of carboxylic acid groups (broad SMARTS) is 1. The Balaban J connectivity index is 2.00. The van der Waals surface area contributed by atoms with Crippen LogP contribution in [-0.4, -0.2) is 22.7 Å². The maximum atomic E-state index is 11.5. The van der Waals surface area contributed by atoms with Crippen LogP contribution >= 0.6 is 0 Å². The van der Waals surface area contributed by atoms with Crippen molar-refractivity contribution in [2.45, 2.75) is 13.3 Å². The highest BCUT2D eigenvalue weighted by atomic mass is 16.5. The molecule has 0 aliphatic heterocycles. The number of carboxylic acids is 1. The maximum absolute atomic E-state index is 11.5. The summed E-state index contributed by atoms with van der Waals surface area (Å²) in [6.07, 6.45) is -0.0475. The molecule has 4 nitrogen and oxygen atoms in total. The van der Waals surface area contributed by atoms with Crippen LogP contribution in [0.1, 0.15) is 12.5 Å². The molecule has 0 aliphatic rings. The minimum absolute atomic E-state index is 0.0475. The number of benzene rings is 3. The Morgan fingerprint density at radius 2 is 1.85 bits per heavy atom. The molecular formula is C22H19NO3. The molecular weight excluding hydrogens is 326 g/mol. The first kappa shape index (κ1) is 16.2. The van der Waals surface area contributed by atoms with Crippen molar-refractivity contribution in [3.63, 3.8) is 0 Å².